The summed E-state index contributed by atoms with van der Waals surface area (Å²) in [5, 5.41) is 8.69. The van der Waals surface area contributed by atoms with Gasteiger partial charge in [-0.3, -0.25) is 4.79 Å². The molecule has 0 radical (unpaired) electrons. The van der Waals surface area contributed by atoms with Gasteiger partial charge >= 0.3 is 5.97 Å². The third-order valence-electron chi connectivity index (χ3n) is 4.52. The molecule has 0 saturated carbocycles. The number of carbonyl (C=O) groups excluding carboxylic acids is 1. The van der Waals surface area contributed by atoms with Gasteiger partial charge in [0.15, 0.2) is 5.78 Å². The topological polar surface area (TPSA) is 54.4 Å². The van der Waals surface area contributed by atoms with Crippen LogP contribution in [-0.2, 0) is 9.59 Å². The minimum atomic E-state index is -0.942. The Bertz CT molecular complexity index is 667. The molecule has 0 fully saturated rings. The second kappa shape index (κ2) is 9.36. The summed E-state index contributed by atoms with van der Waals surface area (Å²) >= 11 is 0. The minimum absolute atomic E-state index is 0.0197. The van der Waals surface area contributed by atoms with Crippen LogP contribution in [0.15, 0.2) is 58.7 Å². The molecular formula is C22H30O3. The molecule has 0 saturated heterocycles. The summed E-state index contributed by atoms with van der Waals surface area (Å²) < 4.78 is 0. The Hall–Kier alpha value is -2.16. The number of aliphatic carboxylic acids is 1. The first-order valence-electron chi connectivity index (χ1n) is 8.88. The standard InChI is InChI=1S/C22H30O3/c1-6-20(23)18-11-8-14-22(4,5)19(18)13-12-16(2)9-7-10-17(3)15-21(24)25/h7,9-10,12-13,15H,6,8,11,14H2,1-5H3,(H,24,25)/b10-7+,13-12+,16-9+,17-15+. The van der Waals surface area contributed by atoms with Gasteiger partial charge in [0, 0.05) is 12.5 Å². The number of carboxylic acid groups (broad SMARTS) is 1. The van der Waals surface area contributed by atoms with Crippen molar-refractivity contribution in [1.82, 2.24) is 0 Å². The van der Waals surface area contributed by atoms with E-state index in [1.807, 2.05) is 32.1 Å². The van der Waals surface area contributed by atoms with Gasteiger partial charge < -0.3 is 5.11 Å². The van der Waals surface area contributed by atoms with E-state index < -0.39 is 5.97 Å². The number of Topliss-reactive ketones (excluding diaryl/α,β-unsaturated/α-hetero) is 1. The second-order valence-electron chi connectivity index (χ2n) is 7.24. The first-order chi connectivity index (χ1) is 11.7. The zero-order valence-electron chi connectivity index (χ0n) is 16.1. The van der Waals surface area contributed by atoms with Crippen LogP contribution in [0, 0.1) is 5.41 Å². The lowest BCUT2D eigenvalue weighted by Crippen LogP contribution is -2.23. The molecule has 0 aromatic heterocycles. The van der Waals surface area contributed by atoms with Crippen molar-refractivity contribution in [3.8, 4) is 0 Å². The van der Waals surface area contributed by atoms with Crippen LogP contribution in [0.1, 0.15) is 60.3 Å². The summed E-state index contributed by atoms with van der Waals surface area (Å²) in [4.78, 5) is 22.9. The van der Waals surface area contributed by atoms with Gasteiger partial charge in [-0.15, -0.1) is 0 Å². The Balaban J connectivity index is 3.01. The van der Waals surface area contributed by atoms with Gasteiger partial charge in [0.1, 0.15) is 0 Å². The van der Waals surface area contributed by atoms with Gasteiger partial charge in [0.25, 0.3) is 0 Å². The molecular weight excluding hydrogens is 312 g/mol. The Morgan fingerprint density at radius 3 is 2.44 bits per heavy atom. The molecule has 0 heterocycles. The lowest BCUT2D eigenvalue weighted by Gasteiger charge is -2.33. The third kappa shape index (κ3) is 6.69. The highest BCUT2D eigenvalue weighted by Gasteiger charge is 2.30. The van der Waals surface area contributed by atoms with E-state index in [0.717, 1.165) is 36.0 Å². The number of allylic oxidation sites excluding steroid dienone is 9. The van der Waals surface area contributed by atoms with Crippen LogP contribution in [0.3, 0.4) is 0 Å². The molecule has 0 atom stereocenters. The Kier molecular flexibility index (Phi) is 7.82. The van der Waals surface area contributed by atoms with E-state index >= 15 is 0 Å². The molecule has 25 heavy (non-hydrogen) atoms. The maximum absolute atomic E-state index is 12.3. The Labute approximate surface area is 151 Å². The fourth-order valence-electron chi connectivity index (χ4n) is 3.08. The predicted molar refractivity (Wildman–Crippen MR) is 103 cm³/mol. The number of hydrogen-bond donors (Lipinski definition) is 1. The van der Waals surface area contributed by atoms with Gasteiger partial charge in [-0.05, 0) is 55.2 Å². The van der Waals surface area contributed by atoms with Crippen molar-refractivity contribution >= 4 is 11.8 Å². The summed E-state index contributed by atoms with van der Waals surface area (Å²) in [5.74, 6) is -0.689. The molecule has 0 aromatic rings. The lowest BCUT2D eigenvalue weighted by atomic mass is 9.71. The smallest absolute Gasteiger partial charge is 0.328 e. The Morgan fingerprint density at radius 1 is 1.16 bits per heavy atom. The molecule has 136 valence electrons. The summed E-state index contributed by atoms with van der Waals surface area (Å²) in [7, 11) is 0. The van der Waals surface area contributed by atoms with Gasteiger partial charge in [-0.2, -0.15) is 0 Å². The van der Waals surface area contributed by atoms with Crippen LogP contribution >= 0.6 is 0 Å². The second-order valence-corrected chi connectivity index (χ2v) is 7.24. The summed E-state index contributed by atoms with van der Waals surface area (Å²) in [6.45, 7) is 10.1. The van der Waals surface area contributed by atoms with Crippen molar-refractivity contribution in [3.05, 3.63) is 58.7 Å². The maximum atomic E-state index is 12.3. The zero-order valence-corrected chi connectivity index (χ0v) is 16.1. The van der Waals surface area contributed by atoms with E-state index in [1.165, 1.54) is 6.08 Å². The molecule has 0 aromatic carbocycles. The number of carboxylic acids is 1. The Morgan fingerprint density at radius 2 is 1.84 bits per heavy atom. The van der Waals surface area contributed by atoms with Crippen molar-refractivity contribution in [3.63, 3.8) is 0 Å². The summed E-state index contributed by atoms with van der Waals surface area (Å²) in [6, 6.07) is 0. The average Bonchev–Trinajstić information content (AvgIpc) is 2.51. The van der Waals surface area contributed by atoms with Crippen molar-refractivity contribution in [2.24, 2.45) is 5.41 Å². The molecule has 3 nitrogen and oxygen atoms in total. The van der Waals surface area contributed by atoms with E-state index in [2.05, 4.69) is 19.9 Å². The fourth-order valence-corrected chi connectivity index (χ4v) is 3.08. The molecule has 0 aliphatic heterocycles. The predicted octanol–water partition coefficient (Wildman–Crippen LogP) is 5.56. The summed E-state index contributed by atoms with van der Waals surface area (Å²) in [5.41, 5.74) is 3.90. The number of ketones is 1. The molecule has 1 N–H and O–H groups in total. The fraction of sp³-hybridized carbons (Fsp3) is 0.455. The number of rotatable bonds is 7. The van der Waals surface area contributed by atoms with E-state index in [1.54, 1.807) is 13.0 Å². The summed E-state index contributed by atoms with van der Waals surface area (Å²) in [6.07, 6.45) is 14.4. The molecule has 1 aliphatic carbocycles. The lowest BCUT2D eigenvalue weighted by molar-refractivity contribution is -0.131. The van der Waals surface area contributed by atoms with Gasteiger partial charge in [-0.1, -0.05) is 56.7 Å². The molecule has 1 rings (SSSR count). The molecule has 0 amide bonds. The van der Waals surface area contributed by atoms with Crippen molar-refractivity contribution in [2.45, 2.75) is 60.3 Å². The van der Waals surface area contributed by atoms with Crippen molar-refractivity contribution in [2.75, 3.05) is 0 Å². The first-order valence-corrected chi connectivity index (χ1v) is 8.88. The van der Waals surface area contributed by atoms with Gasteiger partial charge in [0.2, 0.25) is 0 Å². The highest BCUT2D eigenvalue weighted by Crippen LogP contribution is 2.41. The monoisotopic (exact) mass is 342 g/mol. The number of hydrogen-bond acceptors (Lipinski definition) is 2. The molecule has 3 heteroatoms. The van der Waals surface area contributed by atoms with Crippen LogP contribution < -0.4 is 0 Å². The van der Waals surface area contributed by atoms with Gasteiger partial charge in [0.05, 0.1) is 0 Å². The van der Waals surface area contributed by atoms with E-state index in [-0.39, 0.29) is 11.2 Å². The molecule has 1 aliphatic rings. The molecule has 0 unspecified atom stereocenters. The highest BCUT2D eigenvalue weighted by molar-refractivity contribution is 5.96. The normalized spacial score (nSPS) is 19.1. The maximum Gasteiger partial charge on any atom is 0.328 e. The van der Waals surface area contributed by atoms with E-state index in [0.29, 0.717) is 12.0 Å². The van der Waals surface area contributed by atoms with Crippen LogP contribution in [0.2, 0.25) is 0 Å². The van der Waals surface area contributed by atoms with Crippen LogP contribution in [0.4, 0.5) is 0 Å². The van der Waals surface area contributed by atoms with Gasteiger partial charge in [-0.25, -0.2) is 4.79 Å². The quantitative estimate of drug-likeness (QED) is 0.486. The zero-order chi connectivity index (χ0) is 19.0. The van der Waals surface area contributed by atoms with Crippen molar-refractivity contribution < 1.29 is 14.7 Å². The van der Waals surface area contributed by atoms with Crippen molar-refractivity contribution in [1.29, 1.82) is 0 Å². The highest BCUT2D eigenvalue weighted by atomic mass is 16.4. The molecule has 0 bridgehead atoms. The third-order valence-corrected chi connectivity index (χ3v) is 4.52. The molecule has 0 spiro atoms. The van der Waals surface area contributed by atoms with E-state index in [4.69, 9.17) is 5.11 Å². The number of carbonyl (C=O) groups is 2. The van der Waals surface area contributed by atoms with Crippen LogP contribution in [-0.4, -0.2) is 16.9 Å². The minimum Gasteiger partial charge on any atom is -0.478 e. The van der Waals surface area contributed by atoms with Crippen LogP contribution in [0.5, 0.6) is 0 Å². The van der Waals surface area contributed by atoms with E-state index in [9.17, 15) is 9.59 Å². The van der Waals surface area contributed by atoms with Crippen LogP contribution in [0.25, 0.3) is 0 Å². The largest absolute Gasteiger partial charge is 0.478 e. The first kappa shape index (κ1) is 20.9. The SMILES string of the molecule is CCC(=O)C1=C(/C=C/C(C)=C/C=C/C(C)=C/C(=O)O)C(C)(C)CCC1. The average molecular weight is 342 g/mol.